The van der Waals surface area contributed by atoms with Gasteiger partial charge in [-0.15, -0.1) is 0 Å². The Hall–Kier alpha value is -0.940. The van der Waals surface area contributed by atoms with E-state index in [2.05, 4.69) is 27.7 Å². The van der Waals surface area contributed by atoms with Crippen LogP contribution in [0.5, 0.6) is 0 Å². The van der Waals surface area contributed by atoms with Gasteiger partial charge in [0.25, 0.3) is 5.91 Å². The predicted octanol–water partition coefficient (Wildman–Crippen LogP) is 2.80. The molecule has 2 heterocycles. The Kier molecular flexibility index (Phi) is 2.96. The first-order chi connectivity index (χ1) is 10.7. The second-order valence-electron chi connectivity index (χ2n) is 8.79. The molecule has 1 spiro atoms. The number of nitrogens with zero attached hydrogens (tertiary/aromatic N) is 2. The molecule has 2 unspecified atom stereocenters. The Bertz CT molecular complexity index is 593. The first-order valence-corrected chi connectivity index (χ1v) is 8.83. The molecule has 2 aliphatic carbocycles. The van der Waals surface area contributed by atoms with Crippen LogP contribution in [-0.4, -0.2) is 42.7 Å². The third kappa shape index (κ3) is 1.65. The van der Waals surface area contributed by atoms with Crippen molar-refractivity contribution in [3.63, 3.8) is 0 Å². The molecule has 1 amide bonds. The standard InChI is InChI=1S/C18H28N2O3/c1-15(2)12-6-7-17(4)13(19-20(5)14(17)21)16(12,3)8-9-18(15)22-10-11-23-18/h12H,6-11H2,1-5H3/t12?,16-,17?/m0/s1. The average Bonchev–Trinajstić information content (AvgIpc) is 3.05. The summed E-state index contributed by atoms with van der Waals surface area (Å²) in [7, 11) is 1.79. The van der Waals surface area contributed by atoms with Gasteiger partial charge in [-0.05, 0) is 32.1 Å². The monoisotopic (exact) mass is 320 g/mol. The van der Waals surface area contributed by atoms with Crippen molar-refractivity contribution in [3.8, 4) is 0 Å². The van der Waals surface area contributed by atoms with E-state index in [0.717, 1.165) is 31.4 Å². The van der Waals surface area contributed by atoms with E-state index in [-0.39, 0.29) is 16.7 Å². The van der Waals surface area contributed by atoms with Crippen molar-refractivity contribution in [3.05, 3.63) is 0 Å². The molecule has 0 aromatic rings. The Labute approximate surface area is 138 Å². The molecule has 0 bridgehead atoms. The van der Waals surface area contributed by atoms with Crippen molar-refractivity contribution in [1.29, 1.82) is 0 Å². The Morgan fingerprint density at radius 3 is 2.39 bits per heavy atom. The molecular formula is C18H28N2O3. The van der Waals surface area contributed by atoms with E-state index in [1.807, 2.05) is 0 Å². The number of hydrogen-bond donors (Lipinski definition) is 0. The topological polar surface area (TPSA) is 51.1 Å². The molecule has 0 aromatic heterocycles. The quantitative estimate of drug-likeness (QED) is 0.689. The third-order valence-electron chi connectivity index (χ3n) is 7.36. The van der Waals surface area contributed by atoms with Gasteiger partial charge in [0, 0.05) is 24.3 Å². The molecule has 3 atom stereocenters. The van der Waals surface area contributed by atoms with E-state index in [0.29, 0.717) is 19.1 Å². The van der Waals surface area contributed by atoms with Gasteiger partial charge in [-0.2, -0.15) is 5.10 Å². The van der Waals surface area contributed by atoms with Gasteiger partial charge >= 0.3 is 0 Å². The summed E-state index contributed by atoms with van der Waals surface area (Å²) >= 11 is 0. The number of carbonyl (C=O) groups is 1. The van der Waals surface area contributed by atoms with Crippen LogP contribution >= 0.6 is 0 Å². The Morgan fingerprint density at radius 1 is 1.09 bits per heavy atom. The second kappa shape index (κ2) is 4.37. The van der Waals surface area contributed by atoms with Crippen LogP contribution in [0.15, 0.2) is 5.10 Å². The molecule has 2 saturated carbocycles. The van der Waals surface area contributed by atoms with Gasteiger partial charge < -0.3 is 9.47 Å². The lowest BCUT2D eigenvalue weighted by Crippen LogP contribution is -2.64. The lowest BCUT2D eigenvalue weighted by Gasteiger charge is -2.61. The molecular weight excluding hydrogens is 292 g/mol. The van der Waals surface area contributed by atoms with E-state index in [1.165, 1.54) is 0 Å². The second-order valence-corrected chi connectivity index (χ2v) is 8.79. The van der Waals surface area contributed by atoms with E-state index in [4.69, 9.17) is 14.6 Å². The lowest BCUT2D eigenvalue weighted by molar-refractivity contribution is -0.279. The lowest BCUT2D eigenvalue weighted by atomic mass is 9.45. The van der Waals surface area contributed by atoms with Gasteiger partial charge in [0.2, 0.25) is 0 Å². The molecule has 4 aliphatic rings. The highest BCUT2D eigenvalue weighted by molar-refractivity contribution is 6.14. The maximum atomic E-state index is 12.7. The van der Waals surface area contributed by atoms with Crippen LogP contribution in [-0.2, 0) is 14.3 Å². The zero-order valence-electron chi connectivity index (χ0n) is 14.9. The van der Waals surface area contributed by atoms with Crippen LogP contribution in [0.2, 0.25) is 0 Å². The number of hydrogen-bond acceptors (Lipinski definition) is 4. The normalized spacial score (nSPS) is 44.2. The smallest absolute Gasteiger partial charge is 0.254 e. The van der Waals surface area contributed by atoms with Crippen molar-refractivity contribution < 1.29 is 14.3 Å². The summed E-state index contributed by atoms with van der Waals surface area (Å²) in [5.74, 6) is 0.103. The van der Waals surface area contributed by atoms with Gasteiger partial charge in [-0.1, -0.05) is 20.8 Å². The van der Waals surface area contributed by atoms with Gasteiger partial charge in [0.1, 0.15) is 0 Å². The van der Waals surface area contributed by atoms with E-state index >= 15 is 0 Å². The summed E-state index contributed by atoms with van der Waals surface area (Å²) in [5.41, 5.74) is 0.523. The van der Waals surface area contributed by atoms with Crippen molar-refractivity contribution >= 4 is 11.6 Å². The molecule has 0 radical (unpaired) electrons. The zero-order chi connectivity index (χ0) is 16.7. The number of amides is 1. The molecule has 5 nitrogen and oxygen atoms in total. The fourth-order valence-electron chi connectivity index (χ4n) is 6.08. The summed E-state index contributed by atoms with van der Waals surface area (Å²) in [6.45, 7) is 10.3. The minimum absolute atomic E-state index is 0.0581. The molecule has 23 heavy (non-hydrogen) atoms. The van der Waals surface area contributed by atoms with Crippen LogP contribution in [0.1, 0.15) is 53.4 Å². The molecule has 3 fully saturated rings. The van der Waals surface area contributed by atoms with Crippen LogP contribution in [0.4, 0.5) is 0 Å². The summed E-state index contributed by atoms with van der Waals surface area (Å²) < 4.78 is 12.3. The molecule has 2 aliphatic heterocycles. The molecule has 4 rings (SSSR count). The van der Waals surface area contributed by atoms with Crippen LogP contribution in [0.3, 0.4) is 0 Å². The number of carbonyl (C=O) groups excluding carboxylic acids is 1. The fraction of sp³-hybridized carbons (Fsp3) is 0.889. The van der Waals surface area contributed by atoms with Gasteiger partial charge in [-0.3, -0.25) is 4.79 Å². The minimum Gasteiger partial charge on any atom is -0.347 e. The summed E-state index contributed by atoms with van der Waals surface area (Å²) in [5, 5.41) is 6.28. The van der Waals surface area contributed by atoms with Crippen molar-refractivity contribution in [1.82, 2.24) is 5.01 Å². The summed E-state index contributed by atoms with van der Waals surface area (Å²) in [6, 6.07) is 0. The SMILES string of the molecule is CN1N=C2C(C)(CCC3C(C)(C)C4(CC[C@]23C)OCCO4)C1=O. The summed E-state index contributed by atoms with van der Waals surface area (Å²) in [6.07, 6.45) is 3.73. The third-order valence-corrected chi connectivity index (χ3v) is 7.36. The highest BCUT2D eigenvalue weighted by atomic mass is 16.7. The number of fused-ring (bicyclic) bond motifs is 3. The van der Waals surface area contributed by atoms with E-state index in [1.54, 1.807) is 12.1 Å². The molecule has 0 N–H and O–H groups in total. The van der Waals surface area contributed by atoms with E-state index in [9.17, 15) is 4.79 Å². The molecule has 0 aromatic carbocycles. The highest BCUT2D eigenvalue weighted by Crippen LogP contribution is 2.65. The number of hydrazone groups is 1. The predicted molar refractivity (Wildman–Crippen MR) is 86.8 cm³/mol. The number of ether oxygens (including phenoxy) is 2. The number of rotatable bonds is 0. The first kappa shape index (κ1) is 15.6. The van der Waals surface area contributed by atoms with Crippen molar-refractivity contribution in [2.75, 3.05) is 20.3 Å². The summed E-state index contributed by atoms with van der Waals surface area (Å²) in [4.78, 5) is 12.7. The highest BCUT2D eigenvalue weighted by Gasteiger charge is 2.68. The van der Waals surface area contributed by atoms with E-state index < -0.39 is 11.2 Å². The average molecular weight is 320 g/mol. The minimum atomic E-state index is -0.458. The van der Waals surface area contributed by atoms with Gasteiger partial charge in [0.15, 0.2) is 5.79 Å². The zero-order valence-corrected chi connectivity index (χ0v) is 14.9. The Morgan fingerprint density at radius 2 is 1.74 bits per heavy atom. The van der Waals surface area contributed by atoms with Crippen LogP contribution in [0.25, 0.3) is 0 Å². The Balaban J connectivity index is 1.79. The first-order valence-electron chi connectivity index (χ1n) is 8.83. The van der Waals surface area contributed by atoms with Crippen molar-refractivity contribution in [2.45, 2.75) is 59.2 Å². The van der Waals surface area contributed by atoms with Crippen LogP contribution < -0.4 is 0 Å². The molecule has 5 heteroatoms. The maximum absolute atomic E-state index is 12.7. The maximum Gasteiger partial charge on any atom is 0.254 e. The van der Waals surface area contributed by atoms with Gasteiger partial charge in [-0.25, -0.2) is 5.01 Å². The van der Waals surface area contributed by atoms with Gasteiger partial charge in [0.05, 0.1) is 24.3 Å². The van der Waals surface area contributed by atoms with Crippen LogP contribution in [0, 0.1) is 22.2 Å². The molecule has 1 saturated heterocycles. The largest absolute Gasteiger partial charge is 0.347 e. The fourth-order valence-corrected chi connectivity index (χ4v) is 6.08. The van der Waals surface area contributed by atoms with Crippen molar-refractivity contribution in [2.24, 2.45) is 27.3 Å². The molecule has 128 valence electrons.